The number of carboxylic acid groups (broad SMARTS) is 1. The van der Waals surface area contributed by atoms with E-state index < -0.39 is 12.0 Å². The van der Waals surface area contributed by atoms with Gasteiger partial charge in [0, 0.05) is 5.75 Å². The number of hydrogen-bond donors (Lipinski definition) is 2. The second kappa shape index (κ2) is 4.33. The van der Waals surface area contributed by atoms with Crippen molar-refractivity contribution in [1.82, 2.24) is 10.3 Å². The molecule has 1 saturated heterocycles. The smallest absolute Gasteiger partial charge is 0.321 e. The van der Waals surface area contributed by atoms with Crippen LogP contribution in [0.15, 0.2) is 6.20 Å². The summed E-state index contributed by atoms with van der Waals surface area (Å²) in [6, 6.07) is -0.438. The van der Waals surface area contributed by atoms with E-state index in [0.717, 1.165) is 7.89 Å². The Labute approximate surface area is 103 Å². The fraction of sp³-hybridized carbons (Fsp3) is 0.429. The van der Waals surface area contributed by atoms with E-state index in [1.807, 2.05) is 0 Å². The van der Waals surface area contributed by atoms with Crippen molar-refractivity contribution in [1.29, 1.82) is 0 Å². The summed E-state index contributed by atoms with van der Waals surface area (Å²) < 4.78 is 1.12. The first-order valence-electron chi connectivity index (χ1n) is 3.88. The average molecular weight is 342 g/mol. The molecule has 2 N–H and O–H groups in total. The van der Waals surface area contributed by atoms with Crippen molar-refractivity contribution in [3.63, 3.8) is 0 Å². The highest BCUT2D eigenvalue weighted by Crippen LogP contribution is 2.35. The zero-order valence-electron chi connectivity index (χ0n) is 6.94. The molecule has 0 aliphatic carbocycles. The van der Waals surface area contributed by atoms with Gasteiger partial charge in [-0.2, -0.15) is 0 Å². The van der Waals surface area contributed by atoms with Crippen molar-refractivity contribution in [3.8, 4) is 0 Å². The highest BCUT2D eigenvalue weighted by Gasteiger charge is 2.31. The Bertz CT molecular complexity index is 357. The summed E-state index contributed by atoms with van der Waals surface area (Å²) in [4.78, 5) is 14.9. The lowest BCUT2D eigenvalue weighted by Crippen LogP contribution is -2.33. The first-order chi connectivity index (χ1) is 6.66. The maximum absolute atomic E-state index is 10.7. The molecular formula is C7H7IN2O2S2. The van der Waals surface area contributed by atoms with E-state index in [0.29, 0.717) is 5.75 Å². The number of aliphatic carboxylic acids is 1. The average Bonchev–Trinajstić information content (AvgIpc) is 2.70. The first-order valence-corrected chi connectivity index (χ1v) is 6.83. The van der Waals surface area contributed by atoms with E-state index >= 15 is 0 Å². The molecule has 0 saturated carbocycles. The Kier molecular flexibility index (Phi) is 3.30. The lowest BCUT2D eigenvalue weighted by atomic mass is 10.3. The van der Waals surface area contributed by atoms with Crippen LogP contribution in [0, 0.1) is 2.88 Å². The summed E-state index contributed by atoms with van der Waals surface area (Å²) in [6.07, 6.45) is 1.80. The maximum atomic E-state index is 10.7. The number of carbonyl (C=O) groups is 1. The van der Waals surface area contributed by atoms with Crippen molar-refractivity contribution >= 4 is 51.7 Å². The Morgan fingerprint density at radius 3 is 3.07 bits per heavy atom. The molecule has 1 aliphatic heterocycles. The van der Waals surface area contributed by atoms with Gasteiger partial charge < -0.3 is 5.11 Å². The van der Waals surface area contributed by atoms with E-state index in [4.69, 9.17) is 5.11 Å². The van der Waals surface area contributed by atoms with Gasteiger partial charge in [0.15, 0.2) is 0 Å². The zero-order chi connectivity index (χ0) is 10.1. The quantitative estimate of drug-likeness (QED) is 0.799. The predicted octanol–water partition coefficient (Wildman–Crippen LogP) is 1.54. The molecule has 0 aromatic carbocycles. The molecule has 0 spiro atoms. The lowest BCUT2D eigenvalue weighted by Gasteiger charge is -2.06. The highest BCUT2D eigenvalue weighted by atomic mass is 127. The summed E-state index contributed by atoms with van der Waals surface area (Å²) in [5.41, 5.74) is 0. The number of hydrogen-bond acceptors (Lipinski definition) is 5. The van der Waals surface area contributed by atoms with E-state index in [1.165, 1.54) is 0 Å². The number of rotatable bonds is 2. The van der Waals surface area contributed by atoms with Crippen LogP contribution in [-0.4, -0.2) is 27.9 Å². The van der Waals surface area contributed by atoms with Crippen LogP contribution < -0.4 is 5.32 Å². The van der Waals surface area contributed by atoms with Gasteiger partial charge in [-0.25, -0.2) is 4.98 Å². The van der Waals surface area contributed by atoms with Crippen LogP contribution in [0.5, 0.6) is 0 Å². The minimum absolute atomic E-state index is 0.0459. The van der Waals surface area contributed by atoms with Gasteiger partial charge in [0.05, 0.1) is 9.08 Å². The Hall–Kier alpha value is 0.140. The van der Waals surface area contributed by atoms with Crippen molar-refractivity contribution in [2.24, 2.45) is 0 Å². The normalized spacial score (nSPS) is 26.6. The van der Waals surface area contributed by atoms with Gasteiger partial charge in [-0.3, -0.25) is 10.1 Å². The molecule has 2 unspecified atom stereocenters. The van der Waals surface area contributed by atoms with Crippen LogP contribution in [-0.2, 0) is 4.79 Å². The van der Waals surface area contributed by atoms with Gasteiger partial charge in [0.25, 0.3) is 0 Å². The van der Waals surface area contributed by atoms with Crippen molar-refractivity contribution < 1.29 is 9.90 Å². The molecule has 2 atom stereocenters. The minimum atomic E-state index is -0.786. The molecule has 14 heavy (non-hydrogen) atoms. The van der Waals surface area contributed by atoms with Gasteiger partial charge in [-0.1, -0.05) is 0 Å². The summed E-state index contributed by atoms with van der Waals surface area (Å²) in [7, 11) is 0. The van der Waals surface area contributed by atoms with Crippen LogP contribution in [0.3, 0.4) is 0 Å². The molecular weight excluding hydrogens is 335 g/mol. The maximum Gasteiger partial charge on any atom is 0.321 e. The molecule has 2 heterocycles. The molecule has 0 radical (unpaired) electrons. The topological polar surface area (TPSA) is 62.2 Å². The fourth-order valence-corrected chi connectivity index (χ4v) is 3.98. The largest absolute Gasteiger partial charge is 0.480 e. The number of thiazole rings is 1. The minimum Gasteiger partial charge on any atom is -0.480 e. The van der Waals surface area contributed by atoms with Crippen molar-refractivity contribution in [2.45, 2.75) is 11.4 Å². The van der Waals surface area contributed by atoms with E-state index in [1.54, 1.807) is 29.3 Å². The fourth-order valence-electron chi connectivity index (χ4n) is 1.14. The molecule has 7 heteroatoms. The molecule has 76 valence electrons. The van der Waals surface area contributed by atoms with Crippen LogP contribution in [0.4, 0.5) is 0 Å². The summed E-state index contributed by atoms with van der Waals surface area (Å²) in [5.74, 6) is -0.179. The third kappa shape index (κ3) is 2.20. The summed E-state index contributed by atoms with van der Waals surface area (Å²) in [6.45, 7) is 0. The zero-order valence-corrected chi connectivity index (χ0v) is 10.7. The van der Waals surface area contributed by atoms with Gasteiger partial charge in [0.2, 0.25) is 0 Å². The molecule has 0 amide bonds. The molecule has 1 fully saturated rings. The monoisotopic (exact) mass is 342 g/mol. The predicted molar refractivity (Wildman–Crippen MR) is 64.6 cm³/mol. The lowest BCUT2D eigenvalue weighted by molar-refractivity contribution is -0.138. The third-order valence-corrected chi connectivity index (χ3v) is 4.96. The Morgan fingerprint density at radius 2 is 2.57 bits per heavy atom. The van der Waals surface area contributed by atoms with Crippen molar-refractivity contribution in [3.05, 3.63) is 14.1 Å². The molecule has 0 bridgehead atoms. The summed E-state index contributed by atoms with van der Waals surface area (Å²) >= 11 is 5.40. The summed E-state index contributed by atoms with van der Waals surface area (Å²) in [5, 5.41) is 12.8. The second-order valence-corrected chi connectivity index (χ2v) is 6.87. The highest BCUT2D eigenvalue weighted by molar-refractivity contribution is 14.1. The standard InChI is InChI=1S/C7H7IN2O2S2/c8-4-1-9-5(14-4)6-10-3(2-13-6)7(11)12/h1,3,6,10H,2H2,(H,11,12). The number of halogens is 1. The van der Waals surface area contributed by atoms with Gasteiger partial charge >= 0.3 is 5.97 Å². The Balaban J connectivity index is 2.05. The number of aromatic nitrogens is 1. The molecule has 2 rings (SSSR count). The van der Waals surface area contributed by atoms with Gasteiger partial charge in [-0.05, 0) is 22.6 Å². The molecule has 1 aromatic heterocycles. The number of nitrogens with zero attached hydrogens (tertiary/aromatic N) is 1. The van der Waals surface area contributed by atoms with E-state index in [-0.39, 0.29) is 5.37 Å². The third-order valence-electron chi connectivity index (χ3n) is 1.80. The van der Waals surface area contributed by atoms with E-state index in [9.17, 15) is 4.79 Å². The molecule has 1 aromatic rings. The van der Waals surface area contributed by atoms with Crippen molar-refractivity contribution in [2.75, 3.05) is 5.75 Å². The first kappa shape index (κ1) is 10.7. The molecule has 1 aliphatic rings. The second-order valence-electron chi connectivity index (χ2n) is 2.77. The number of thioether (sulfide) groups is 1. The van der Waals surface area contributed by atoms with Crippen LogP contribution in [0.1, 0.15) is 10.4 Å². The SMILES string of the molecule is O=C(O)C1CSC(c2ncc(I)s2)N1. The van der Waals surface area contributed by atoms with Gasteiger partial charge in [0.1, 0.15) is 16.4 Å². The van der Waals surface area contributed by atoms with Crippen LogP contribution >= 0.6 is 45.7 Å². The number of carboxylic acids is 1. The van der Waals surface area contributed by atoms with Crippen LogP contribution in [0.2, 0.25) is 0 Å². The Morgan fingerprint density at radius 1 is 1.79 bits per heavy atom. The van der Waals surface area contributed by atoms with Gasteiger partial charge in [-0.15, -0.1) is 23.1 Å². The van der Waals surface area contributed by atoms with E-state index in [2.05, 4.69) is 32.9 Å². The molecule has 4 nitrogen and oxygen atoms in total. The van der Waals surface area contributed by atoms with Crippen LogP contribution in [0.25, 0.3) is 0 Å². The number of nitrogens with one attached hydrogen (secondary N) is 1.